The van der Waals surface area contributed by atoms with Crippen LogP contribution in [0.4, 0.5) is 11.4 Å². The van der Waals surface area contributed by atoms with Crippen LogP contribution in [0.1, 0.15) is 57.8 Å². The number of carbonyl (C=O) groups is 1. The van der Waals surface area contributed by atoms with Gasteiger partial charge in [-0.05, 0) is 87.8 Å². The summed E-state index contributed by atoms with van der Waals surface area (Å²) in [6, 6.07) is 5.27. The largest absolute Gasteiger partial charge is 0.379 e. The number of sulfonamides is 1. The minimum atomic E-state index is -3.66. The molecule has 2 saturated heterocycles. The summed E-state index contributed by atoms with van der Waals surface area (Å²) in [7, 11) is -3.66. The van der Waals surface area contributed by atoms with E-state index in [4.69, 9.17) is 16.3 Å². The molecular formula is C26H36ClN3O4S. The molecule has 4 aliphatic carbocycles. The van der Waals surface area contributed by atoms with Crippen LogP contribution in [0.15, 0.2) is 23.1 Å². The molecule has 0 radical (unpaired) electrons. The van der Waals surface area contributed by atoms with E-state index >= 15 is 0 Å². The number of rotatable bonds is 5. The third kappa shape index (κ3) is 4.38. The van der Waals surface area contributed by atoms with Crippen molar-refractivity contribution in [1.29, 1.82) is 0 Å². The van der Waals surface area contributed by atoms with Crippen LogP contribution in [-0.4, -0.2) is 62.9 Å². The van der Waals surface area contributed by atoms with Gasteiger partial charge in [0, 0.05) is 31.1 Å². The molecule has 2 unspecified atom stereocenters. The lowest BCUT2D eigenvalue weighted by atomic mass is 9.49. The predicted octanol–water partition coefficient (Wildman–Crippen LogP) is 4.21. The van der Waals surface area contributed by atoms with Crippen molar-refractivity contribution in [3.63, 3.8) is 0 Å². The Morgan fingerprint density at radius 3 is 2.34 bits per heavy atom. The summed E-state index contributed by atoms with van der Waals surface area (Å²) in [5.74, 6) is 1.07. The summed E-state index contributed by atoms with van der Waals surface area (Å²) >= 11 is 7.01. The molecule has 1 aromatic rings. The molecule has 1 N–H and O–H groups in total. The number of morpholine rings is 1. The highest BCUT2D eigenvalue weighted by molar-refractivity contribution is 7.89. The highest BCUT2D eigenvalue weighted by Crippen LogP contribution is 2.64. The Morgan fingerprint density at radius 1 is 1.00 bits per heavy atom. The van der Waals surface area contributed by atoms with Crippen molar-refractivity contribution >= 4 is 38.9 Å². The van der Waals surface area contributed by atoms with Crippen molar-refractivity contribution in [3.05, 3.63) is 18.2 Å². The number of ether oxygens (including phenoxy) is 1. The lowest BCUT2D eigenvalue weighted by Crippen LogP contribution is -2.57. The molecule has 6 fully saturated rings. The Bertz CT molecular complexity index is 1080. The summed E-state index contributed by atoms with van der Waals surface area (Å²) in [4.78, 5) is 16.2. The Labute approximate surface area is 213 Å². The summed E-state index contributed by atoms with van der Waals surface area (Å²) in [5, 5.41) is 3.25. The maximum absolute atomic E-state index is 13.9. The third-order valence-electron chi connectivity index (χ3n) is 8.99. The lowest BCUT2D eigenvalue weighted by molar-refractivity contribution is -0.138. The first-order chi connectivity index (χ1) is 16.8. The number of benzene rings is 1. The van der Waals surface area contributed by atoms with Gasteiger partial charge in [-0.1, -0.05) is 0 Å². The van der Waals surface area contributed by atoms with Crippen LogP contribution < -0.4 is 10.2 Å². The van der Waals surface area contributed by atoms with Gasteiger partial charge in [0.25, 0.3) is 0 Å². The van der Waals surface area contributed by atoms with Crippen LogP contribution in [0.25, 0.3) is 0 Å². The van der Waals surface area contributed by atoms with E-state index in [1.54, 1.807) is 12.1 Å². The lowest BCUT2D eigenvalue weighted by Gasteiger charge is -2.59. The second kappa shape index (κ2) is 8.89. The number of piperidine rings is 1. The smallest absolute Gasteiger partial charge is 0.243 e. The number of halogens is 1. The molecule has 7 nitrogen and oxygen atoms in total. The number of amides is 1. The Kier molecular flexibility index (Phi) is 6.10. The van der Waals surface area contributed by atoms with Crippen molar-refractivity contribution in [1.82, 2.24) is 4.31 Å². The molecule has 0 aromatic heterocycles. The van der Waals surface area contributed by atoms with Crippen molar-refractivity contribution in [2.24, 2.45) is 17.3 Å². The quantitative estimate of drug-likeness (QED) is 0.587. The van der Waals surface area contributed by atoms with Gasteiger partial charge < -0.3 is 15.0 Å². The number of alkyl halides is 1. The molecule has 6 aliphatic rings. The fourth-order valence-corrected chi connectivity index (χ4v) is 9.92. The van der Waals surface area contributed by atoms with E-state index < -0.39 is 15.4 Å². The molecule has 4 bridgehead atoms. The van der Waals surface area contributed by atoms with E-state index in [1.165, 1.54) is 17.1 Å². The van der Waals surface area contributed by atoms with E-state index in [9.17, 15) is 13.2 Å². The van der Waals surface area contributed by atoms with Gasteiger partial charge in [-0.15, -0.1) is 11.6 Å². The van der Waals surface area contributed by atoms with Gasteiger partial charge in [0.15, 0.2) is 0 Å². The molecule has 9 heteroatoms. The number of nitrogens with one attached hydrogen (secondary N) is 1. The van der Waals surface area contributed by atoms with E-state index in [0.29, 0.717) is 43.8 Å². The van der Waals surface area contributed by atoms with Crippen molar-refractivity contribution in [2.45, 2.75) is 67.6 Å². The van der Waals surface area contributed by atoms with Gasteiger partial charge in [0.2, 0.25) is 15.9 Å². The highest BCUT2D eigenvalue weighted by atomic mass is 35.5. The average Bonchev–Trinajstić information content (AvgIpc) is 2.83. The summed E-state index contributed by atoms with van der Waals surface area (Å²) in [6.07, 6.45) is 9.15. The zero-order chi connectivity index (χ0) is 24.3. The van der Waals surface area contributed by atoms with Gasteiger partial charge in [-0.3, -0.25) is 4.79 Å². The van der Waals surface area contributed by atoms with Crippen molar-refractivity contribution in [3.8, 4) is 0 Å². The molecule has 4 saturated carbocycles. The Hall–Kier alpha value is -1.35. The first-order valence-electron chi connectivity index (χ1n) is 13.2. The van der Waals surface area contributed by atoms with E-state index in [-0.39, 0.29) is 15.7 Å². The van der Waals surface area contributed by atoms with Crippen molar-refractivity contribution < 1.29 is 17.9 Å². The fraction of sp³-hybridized carbons (Fsp3) is 0.731. The number of carbonyl (C=O) groups excluding carboxylic acids is 1. The van der Waals surface area contributed by atoms with Gasteiger partial charge in [0.1, 0.15) is 0 Å². The molecule has 2 atom stereocenters. The highest BCUT2D eigenvalue weighted by Gasteiger charge is 2.60. The third-order valence-corrected chi connectivity index (χ3v) is 11.3. The standard InChI is InChI=1S/C26H36ClN3O4S/c27-26-16-19-12-20(17-26)15-25(14-19,18-26)24(31)28-22-13-21(35(32,33)30-8-10-34-11-9-30)4-5-23(22)29-6-2-1-3-7-29/h4-5,13,19-20H,1-3,6-12,14-18H2,(H,28,31). The van der Waals surface area contributed by atoms with Crippen LogP contribution in [0.3, 0.4) is 0 Å². The summed E-state index contributed by atoms with van der Waals surface area (Å²) in [6.45, 7) is 3.33. The summed E-state index contributed by atoms with van der Waals surface area (Å²) < 4.78 is 33.6. The SMILES string of the molecule is O=C(Nc1cc(S(=O)(=O)N2CCOCC2)ccc1N1CCCCC1)C12CC3CC(CC(Cl)(C3)C1)C2. The second-order valence-corrected chi connectivity index (χ2v) is 14.3. The zero-order valence-corrected chi connectivity index (χ0v) is 21.9. The molecule has 2 heterocycles. The van der Waals surface area contributed by atoms with Crippen LogP contribution >= 0.6 is 11.6 Å². The molecule has 1 aromatic carbocycles. The van der Waals surface area contributed by atoms with Gasteiger partial charge in [-0.2, -0.15) is 4.31 Å². The molecule has 192 valence electrons. The van der Waals surface area contributed by atoms with Gasteiger partial charge in [0.05, 0.1) is 34.9 Å². The Balaban J connectivity index is 1.33. The number of hydrogen-bond acceptors (Lipinski definition) is 5. The van der Waals surface area contributed by atoms with Crippen LogP contribution in [0.5, 0.6) is 0 Å². The van der Waals surface area contributed by atoms with Gasteiger partial charge in [-0.25, -0.2) is 8.42 Å². The topological polar surface area (TPSA) is 79.0 Å². The maximum Gasteiger partial charge on any atom is 0.243 e. The molecule has 7 rings (SSSR count). The van der Waals surface area contributed by atoms with Crippen LogP contribution in [0.2, 0.25) is 0 Å². The monoisotopic (exact) mass is 521 g/mol. The van der Waals surface area contributed by atoms with Gasteiger partial charge >= 0.3 is 0 Å². The maximum atomic E-state index is 13.9. The second-order valence-electron chi connectivity index (χ2n) is 11.6. The van der Waals surface area contributed by atoms with E-state index in [0.717, 1.165) is 63.7 Å². The fourth-order valence-electron chi connectivity index (χ4n) is 7.79. The average molecular weight is 522 g/mol. The molecular weight excluding hydrogens is 486 g/mol. The number of nitrogens with zero attached hydrogens (tertiary/aromatic N) is 2. The predicted molar refractivity (Wildman–Crippen MR) is 136 cm³/mol. The van der Waals surface area contributed by atoms with E-state index in [1.807, 2.05) is 6.07 Å². The van der Waals surface area contributed by atoms with Crippen LogP contribution in [-0.2, 0) is 19.6 Å². The molecule has 1 amide bonds. The molecule has 35 heavy (non-hydrogen) atoms. The van der Waals surface area contributed by atoms with E-state index in [2.05, 4.69) is 10.2 Å². The minimum Gasteiger partial charge on any atom is -0.379 e. The number of anilines is 2. The normalized spacial score (nSPS) is 35.3. The minimum absolute atomic E-state index is 0.0239. The van der Waals surface area contributed by atoms with Crippen LogP contribution in [0, 0.1) is 17.3 Å². The zero-order valence-electron chi connectivity index (χ0n) is 20.3. The Morgan fingerprint density at radius 2 is 1.69 bits per heavy atom. The first kappa shape index (κ1) is 24.0. The first-order valence-corrected chi connectivity index (χ1v) is 15.1. The molecule has 0 spiro atoms. The van der Waals surface area contributed by atoms with Crippen molar-refractivity contribution in [2.75, 3.05) is 49.6 Å². The summed E-state index contributed by atoms with van der Waals surface area (Å²) in [5.41, 5.74) is 1.10. The molecule has 2 aliphatic heterocycles. The number of hydrogen-bond donors (Lipinski definition) is 1.